The molecule has 210 valence electrons. The van der Waals surface area contributed by atoms with Crippen LogP contribution in [-0.4, -0.2) is 77.5 Å². The molecule has 0 spiro atoms. The predicted molar refractivity (Wildman–Crippen MR) is 143 cm³/mol. The van der Waals surface area contributed by atoms with Gasteiger partial charge in [-0.1, -0.05) is 4.98 Å². The molecular formula is C25H30N10O5. The van der Waals surface area contributed by atoms with Crippen LogP contribution >= 0.6 is 0 Å². The molecular weight excluding hydrogens is 520 g/mol. The fourth-order valence-corrected chi connectivity index (χ4v) is 4.99. The van der Waals surface area contributed by atoms with Crippen LogP contribution in [0.25, 0.3) is 5.65 Å². The number of morpholine rings is 1. The van der Waals surface area contributed by atoms with E-state index in [4.69, 9.17) is 19.2 Å². The Morgan fingerprint density at radius 3 is 2.77 bits per heavy atom. The molecule has 1 saturated heterocycles. The first-order valence-corrected chi connectivity index (χ1v) is 13.2. The Kier molecular flexibility index (Phi) is 7.27. The van der Waals surface area contributed by atoms with Gasteiger partial charge in [-0.3, -0.25) is 0 Å². The summed E-state index contributed by atoms with van der Waals surface area (Å²) in [6, 6.07) is 6.18. The lowest BCUT2D eigenvalue weighted by atomic mass is 9.93. The maximum atomic E-state index is 11.1. The van der Waals surface area contributed by atoms with Gasteiger partial charge >= 0.3 is 12.0 Å². The third-order valence-corrected chi connectivity index (χ3v) is 7.22. The number of fused-ring (bicyclic) bond motifs is 1. The summed E-state index contributed by atoms with van der Waals surface area (Å²) in [4.78, 5) is 30.2. The summed E-state index contributed by atoms with van der Waals surface area (Å²) in [6.45, 7) is 3.01. The second-order valence-corrected chi connectivity index (χ2v) is 9.77. The average molecular weight is 551 g/mol. The van der Waals surface area contributed by atoms with Crippen LogP contribution in [0.1, 0.15) is 31.4 Å². The second kappa shape index (κ2) is 11.3. The summed E-state index contributed by atoms with van der Waals surface area (Å²) in [5.41, 5.74) is 1.29. The van der Waals surface area contributed by atoms with Crippen molar-refractivity contribution in [1.29, 1.82) is 0 Å². The maximum absolute atomic E-state index is 11.1. The molecule has 1 saturated carbocycles. The Hall–Kier alpha value is -4.53. The highest BCUT2D eigenvalue weighted by Gasteiger charge is 2.26. The van der Waals surface area contributed by atoms with E-state index in [1.165, 1.54) is 17.1 Å². The Morgan fingerprint density at radius 1 is 1.18 bits per heavy atom. The number of ether oxygens (including phenoxy) is 3. The Balaban J connectivity index is 1.07. The number of imidazole rings is 1. The SMILES string of the molecule is Cn1c(COc2cccnc2NC2CCC(Oc3nc(N4CCOCC4)cc4ncnn34)CC2)cnc1[N+](=O)[O-]. The summed E-state index contributed by atoms with van der Waals surface area (Å²) >= 11 is 0. The fourth-order valence-electron chi connectivity index (χ4n) is 4.99. The number of rotatable bonds is 9. The van der Waals surface area contributed by atoms with Crippen molar-refractivity contribution in [3.63, 3.8) is 0 Å². The molecule has 2 fully saturated rings. The monoisotopic (exact) mass is 550 g/mol. The first-order valence-electron chi connectivity index (χ1n) is 13.2. The van der Waals surface area contributed by atoms with Crippen LogP contribution in [0.3, 0.4) is 0 Å². The molecule has 0 bridgehead atoms. The van der Waals surface area contributed by atoms with Crippen molar-refractivity contribution < 1.29 is 19.1 Å². The molecule has 1 aliphatic heterocycles. The lowest BCUT2D eigenvalue weighted by Crippen LogP contribution is -2.37. The molecule has 0 atom stereocenters. The third-order valence-electron chi connectivity index (χ3n) is 7.22. The molecule has 40 heavy (non-hydrogen) atoms. The molecule has 0 aromatic carbocycles. The highest BCUT2D eigenvalue weighted by atomic mass is 16.6. The van der Waals surface area contributed by atoms with Crippen molar-refractivity contribution in [3.05, 3.63) is 52.7 Å². The number of aromatic nitrogens is 7. The van der Waals surface area contributed by atoms with Crippen LogP contribution in [0.5, 0.6) is 11.8 Å². The zero-order chi connectivity index (χ0) is 27.5. The summed E-state index contributed by atoms with van der Waals surface area (Å²) in [5.74, 6) is 1.79. The van der Waals surface area contributed by atoms with Crippen molar-refractivity contribution in [2.45, 2.75) is 44.4 Å². The van der Waals surface area contributed by atoms with E-state index in [-0.39, 0.29) is 24.7 Å². The predicted octanol–water partition coefficient (Wildman–Crippen LogP) is 2.38. The van der Waals surface area contributed by atoms with Gasteiger partial charge in [-0.2, -0.15) is 14.6 Å². The first-order chi connectivity index (χ1) is 19.5. The highest BCUT2D eigenvalue weighted by molar-refractivity contribution is 5.52. The number of anilines is 2. The zero-order valence-electron chi connectivity index (χ0n) is 22.0. The van der Waals surface area contributed by atoms with Gasteiger partial charge in [-0.25, -0.2) is 14.5 Å². The number of nitrogens with one attached hydrogen (secondary N) is 1. The van der Waals surface area contributed by atoms with E-state index in [0.29, 0.717) is 42.1 Å². The smallest absolute Gasteiger partial charge is 0.434 e. The third kappa shape index (κ3) is 5.45. The van der Waals surface area contributed by atoms with Crippen LogP contribution < -0.4 is 19.7 Å². The molecule has 4 aromatic heterocycles. The highest BCUT2D eigenvalue weighted by Crippen LogP contribution is 2.30. The quantitative estimate of drug-likeness (QED) is 0.240. The molecule has 4 aromatic rings. The van der Waals surface area contributed by atoms with Crippen LogP contribution in [0.4, 0.5) is 17.6 Å². The molecule has 0 unspecified atom stereocenters. The Bertz CT molecular complexity index is 1480. The first kappa shape index (κ1) is 25.7. The van der Waals surface area contributed by atoms with E-state index in [9.17, 15) is 10.1 Å². The van der Waals surface area contributed by atoms with Crippen molar-refractivity contribution >= 4 is 23.2 Å². The van der Waals surface area contributed by atoms with Gasteiger partial charge in [0.1, 0.15) is 31.1 Å². The van der Waals surface area contributed by atoms with E-state index in [1.807, 2.05) is 12.1 Å². The minimum Gasteiger partial charge on any atom is -0.482 e. The van der Waals surface area contributed by atoms with E-state index < -0.39 is 4.92 Å². The van der Waals surface area contributed by atoms with Gasteiger partial charge in [0.25, 0.3) is 0 Å². The van der Waals surface area contributed by atoms with E-state index in [0.717, 1.165) is 44.6 Å². The topological polar surface area (TPSA) is 160 Å². The summed E-state index contributed by atoms with van der Waals surface area (Å²) in [6.07, 6.45) is 8.07. The van der Waals surface area contributed by atoms with E-state index in [2.05, 4.69) is 30.3 Å². The number of pyridine rings is 1. The van der Waals surface area contributed by atoms with Gasteiger partial charge in [0.2, 0.25) is 0 Å². The molecule has 0 radical (unpaired) electrons. The lowest BCUT2D eigenvalue weighted by molar-refractivity contribution is -0.396. The molecule has 15 nitrogen and oxygen atoms in total. The van der Waals surface area contributed by atoms with Gasteiger partial charge in [0, 0.05) is 31.4 Å². The minimum atomic E-state index is -0.522. The van der Waals surface area contributed by atoms with Crippen LogP contribution in [-0.2, 0) is 18.4 Å². The molecule has 0 amide bonds. The maximum Gasteiger partial charge on any atom is 0.434 e. The number of nitro groups is 1. The van der Waals surface area contributed by atoms with Crippen LogP contribution in [0.15, 0.2) is 36.9 Å². The standard InChI is InChI=1S/C25H30N10O5/c1-32-18(14-27-24(32)35(36)37)15-39-20-3-2-8-26-23(20)30-17-4-6-19(7-5-17)40-25-31-22(33-9-11-38-12-10-33)13-21-28-16-29-34(21)25/h2-3,8,13-14,16-17,19H,4-7,9-12,15H2,1H3,(H,26,30). The molecule has 6 rings (SSSR count). The van der Waals surface area contributed by atoms with Crippen molar-refractivity contribution in [2.24, 2.45) is 7.05 Å². The molecule has 5 heterocycles. The van der Waals surface area contributed by atoms with E-state index in [1.54, 1.807) is 23.8 Å². The van der Waals surface area contributed by atoms with Crippen LogP contribution in [0, 0.1) is 10.1 Å². The van der Waals surface area contributed by atoms with Gasteiger partial charge < -0.3 is 34.5 Å². The summed E-state index contributed by atoms with van der Waals surface area (Å²) in [7, 11) is 1.59. The molecule has 1 aliphatic carbocycles. The zero-order valence-corrected chi connectivity index (χ0v) is 22.0. The normalized spacial score (nSPS) is 19.5. The number of hydrogen-bond donors (Lipinski definition) is 1. The van der Waals surface area contributed by atoms with Gasteiger partial charge in [-0.15, -0.1) is 0 Å². The van der Waals surface area contributed by atoms with Crippen molar-refractivity contribution in [2.75, 3.05) is 36.5 Å². The van der Waals surface area contributed by atoms with Crippen LogP contribution in [0.2, 0.25) is 0 Å². The minimum absolute atomic E-state index is 0.00188. The van der Waals surface area contributed by atoms with Gasteiger partial charge in [0.15, 0.2) is 22.9 Å². The van der Waals surface area contributed by atoms with Crippen molar-refractivity contribution in [1.82, 2.24) is 34.1 Å². The fraction of sp³-hybridized carbons (Fsp3) is 0.480. The lowest BCUT2D eigenvalue weighted by Gasteiger charge is -2.30. The number of nitrogens with zero attached hydrogens (tertiary/aromatic N) is 9. The van der Waals surface area contributed by atoms with E-state index >= 15 is 0 Å². The second-order valence-electron chi connectivity index (χ2n) is 9.77. The largest absolute Gasteiger partial charge is 0.482 e. The van der Waals surface area contributed by atoms with Crippen molar-refractivity contribution in [3.8, 4) is 11.8 Å². The average Bonchev–Trinajstić information content (AvgIpc) is 3.61. The van der Waals surface area contributed by atoms with Gasteiger partial charge in [-0.05, 0) is 42.7 Å². The summed E-state index contributed by atoms with van der Waals surface area (Å²) < 4.78 is 20.9. The molecule has 2 aliphatic rings. The van der Waals surface area contributed by atoms with Gasteiger partial charge in [0.05, 0.1) is 20.3 Å². The summed E-state index contributed by atoms with van der Waals surface area (Å²) in [5, 5.41) is 18.9. The Morgan fingerprint density at radius 2 is 2.00 bits per heavy atom. The molecule has 15 heteroatoms. The molecule has 1 N–H and O–H groups in total. The Labute approximate surface area is 229 Å². The number of hydrogen-bond acceptors (Lipinski definition) is 12.